The van der Waals surface area contributed by atoms with Crippen molar-refractivity contribution in [1.29, 1.82) is 0 Å². The number of rotatable bonds is 6. The molecule has 2 N–H and O–H groups in total. The first-order chi connectivity index (χ1) is 11.0. The summed E-state index contributed by atoms with van der Waals surface area (Å²) in [6, 6.07) is 7.07. The van der Waals surface area contributed by atoms with Gasteiger partial charge in [0, 0.05) is 17.2 Å². The normalized spacial score (nSPS) is 11.8. The van der Waals surface area contributed by atoms with Crippen LogP contribution < -0.4 is 10.1 Å². The number of hydrogen-bond acceptors (Lipinski definition) is 3. The van der Waals surface area contributed by atoms with E-state index in [0.717, 1.165) is 4.47 Å². The fourth-order valence-electron chi connectivity index (χ4n) is 2.22. The predicted octanol–water partition coefficient (Wildman–Crippen LogP) is 2.83. The highest BCUT2D eigenvalue weighted by atomic mass is 79.9. The SMILES string of the molecule is CCn1cc(Br)cc1C(=O)NC(C(=O)O)c1ccc(OC)cc1. The zero-order chi connectivity index (χ0) is 17.0. The van der Waals surface area contributed by atoms with Crippen LogP contribution in [0.2, 0.25) is 0 Å². The molecule has 0 fully saturated rings. The number of nitrogens with one attached hydrogen (secondary N) is 1. The average Bonchev–Trinajstić information content (AvgIpc) is 2.93. The Morgan fingerprint density at radius 3 is 2.52 bits per heavy atom. The van der Waals surface area contributed by atoms with E-state index in [1.54, 1.807) is 41.1 Å². The van der Waals surface area contributed by atoms with Crippen LogP contribution in [0.15, 0.2) is 41.0 Å². The maximum Gasteiger partial charge on any atom is 0.330 e. The molecular weight excluding hydrogens is 364 g/mol. The number of aliphatic carboxylic acids is 1. The third-order valence-electron chi connectivity index (χ3n) is 3.41. The van der Waals surface area contributed by atoms with Gasteiger partial charge in [-0.05, 0) is 46.6 Å². The number of benzene rings is 1. The monoisotopic (exact) mass is 380 g/mol. The van der Waals surface area contributed by atoms with Gasteiger partial charge in [0.1, 0.15) is 11.4 Å². The van der Waals surface area contributed by atoms with Gasteiger partial charge in [-0.25, -0.2) is 4.79 Å². The second kappa shape index (κ2) is 7.32. The molecule has 1 atom stereocenters. The summed E-state index contributed by atoms with van der Waals surface area (Å²) in [4.78, 5) is 23.9. The summed E-state index contributed by atoms with van der Waals surface area (Å²) < 4.78 is 7.56. The van der Waals surface area contributed by atoms with Gasteiger partial charge in [0.2, 0.25) is 0 Å². The topological polar surface area (TPSA) is 80.6 Å². The number of ether oxygens (including phenoxy) is 1. The summed E-state index contributed by atoms with van der Waals surface area (Å²) >= 11 is 3.32. The van der Waals surface area contributed by atoms with E-state index in [4.69, 9.17) is 4.74 Å². The first-order valence-corrected chi connectivity index (χ1v) is 7.78. The number of carbonyl (C=O) groups excluding carboxylic acids is 1. The maximum absolute atomic E-state index is 12.4. The second-order valence-electron chi connectivity index (χ2n) is 4.85. The highest BCUT2D eigenvalue weighted by Gasteiger charge is 2.24. The Balaban J connectivity index is 2.24. The number of methoxy groups -OCH3 is 1. The maximum atomic E-state index is 12.4. The molecule has 122 valence electrons. The molecule has 23 heavy (non-hydrogen) atoms. The Morgan fingerprint density at radius 1 is 1.35 bits per heavy atom. The highest BCUT2D eigenvalue weighted by Crippen LogP contribution is 2.20. The first-order valence-electron chi connectivity index (χ1n) is 6.99. The van der Waals surface area contributed by atoms with Crippen LogP contribution in [-0.2, 0) is 11.3 Å². The van der Waals surface area contributed by atoms with Crippen molar-refractivity contribution in [2.75, 3.05) is 7.11 Å². The molecule has 7 heteroatoms. The lowest BCUT2D eigenvalue weighted by molar-refractivity contribution is -0.139. The summed E-state index contributed by atoms with van der Waals surface area (Å²) in [5, 5.41) is 12.0. The smallest absolute Gasteiger partial charge is 0.330 e. The number of carbonyl (C=O) groups is 2. The van der Waals surface area contributed by atoms with Crippen LogP contribution in [0.4, 0.5) is 0 Å². The summed E-state index contributed by atoms with van der Waals surface area (Å²) in [7, 11) is 1.53. The Kier molecular flexibility index (Phi) is 5.44. The van der Waals surface area contributed by atoms with Gasteiger partial charge in [0.25, 0.3) is 5.91 Å². The zero-order valence-electron chi connectivity index (χ0n) is 12.7. The summed E-state index contributed by atoms with van der Waals surface area (Å²) in [6.45, 7) is 2.51. The van der Waals surface area contributed by atoms with E-state index in [1.807, 2.05) is 6.92 Å². The third-order valence-corrected chi connectivity index (χ3v) is 3.84. The Bertz CT molecular complexity index is 709. The summed E-state index contributed by atoms with van der Waals surface area (Å²) in [5.74, 6) is -0.953. The van der Waals surface area contributed by atoms with Crippen LogP contribution in [0.1, 0.15) is 29.0 Å². The fourth-order valence-corrected chi connectivity index (χ4v) is 2.68. The van der Waals surface area contributed by atoms with Crippen molar-refractivity contribution in [3.63, 3.8) is 0 Å². The molecule has 0 saturated heterocycles. The number of aryl methyl sites for hydroxylation is 1. The van der Waals surface area contributed by atoms with Gasteiger partial charge >= 0.3 is 5.97 Å². The number of nitrogens with zero attached hydrogens (tertiary/aromatic N) is 1. The van der Waals surface area contributed by atoms with Crippen molar-refractivity contribution in [2.45, 2.75) is 19.5 Å². The lowest BCUT2D eigenvalue weighted by Crippen LogP contribution is -2.34. The van der Waals surface area contributed by atoms with Crippen LogP contribution in [0.25, 0.3) is 0 Å². The van der Waals surface area contributed by atoms with Crippen molar-refractivity contribution in [2.24, 2.45) is 0 Å². The van der Waals surface area contributed by atoms with Crippen molar-refractivity contribution >= 4 is 27.8 Å². The largest absolute Gasteiger partial charge is 0.497 e. The minimum atomic E-state index is -1.13. The third kappa shape index (κ3) is 3.92. The van der Waals surface area contributed by atoms with E-state index in [-0.39, 0.29) is 0 Å². The first kappa shape index (κ1) is 17.1. The van der Waals surface area contributed by atoms with Crippen LogP contribution in [0, 0.1) is 0 Å². The molecule has 0 aliphatic carbocycles. The Morgan fingerprint density at radius 2 is 2.00 bits per heavy atom. The van der Waals surface area contributed by atoms with Gasteiger partial charge < -0.3 is 19.7 Å². The number of hydrogen-bond donors (Lipinski definition) is 2. The minimum Gasteiger partial charge on any atom is -0.497 e. The zero-order valence-corrected chi connectivity index (χ0v) is 14.3. The molecule has 1 unspecified atom stereocenters. The average molecular weight is 381 g/mol. The fraction of sp³-hybridized carbons (Fsp3) is 0.250. The van der Waals surface area contributed by atoms with Gasteiger partial charge in [-0.1, -0.05) is 12.1 Å². The molecule has 0 bridgehead atoms. The predicted molar refractivity (Wildman–Crippen MR) is 88.6 cm³/mol. The second-order valence-corrected chi connectivity index (χ2v) is 5.76. The van der Waals surface area contributed by atoms with Crippen LogP contribution in [0.5, 0.6) is 5.75 Å². The number of carboxylic acid groups (broad SMARTS) is 1. The molecule has 0 spiro atoms. The van der Waals surface area contributed by atoms with Crippen molar-refractivity contribution in [1.82, 2.24) is 9.88 Å². The molecule has 2 rings (SSSR count). The highest BCUT2D eigenvalue weighted by molar-refractivity contribution is 9.10. The molecule has 6 nitrogen and oxygen atoms in total. The number of halogens is 1. The molecule has 0 aliphatic rings. The molecular formula is C16H17BrN2O4. The number of carboxylic acids is 1. The van der Waals surface area contributed by atoms with Crippen molar-refractivity contribution in [3.8, 4) is 5.75 Å². The van der Waals surface area contributed by atoms with Crippen molar-refractivity contribution in [3.05, 3.63) is 52.3 Å². The molecule has 0 radical (unpaired) electrons. The van der Waals surface area contributed by atoms with E-state index >= 15 is 0 Å². The van der Waals surface area contributed by atoms with E-state index < -0.39 is 17.9 Å². The van der Waals surface area contributed by atoms with Crippen LogP contribution >= 0.6 is 15.9 Å². The summed E-state index contributed by atoms with van der Waals surface area (Å²) in [6.07, 6.45) is 1.78. The van der Waals surface area contributed by atoms with E-state index in [0.29, 0.717) is 23.6 Å². The van der Waals surface area contributed by atoms with Gasteiger partial charge in [0.05, 0.1) is 7.11 Å². The van der Waals surface area contributed by atoms with E-state index in [2.05, 4.69) is 21.2 Å². The standard InChI is InChI=1S/C16H17BrN2O4/c1-3-19-9-11(17)8-13(19)15(20)18-14(16(21)22)10-4-6-12(23-2)7-5-10/h4-9,14H,3H2,1-2H3,(H,18,20)(H,21,22). The molecule has 1 amide bonds. The molecule has 1 heterocycles. The lowest BCUT2D eigenvalue weighted by atomic mass is 10.1. The van der Waals surface area contributed by atoms with E-state index in [9.17, 15) is 14.7 Å². The number of aromatic nitrogens is 1. The summed E-state index contributed by atoms with van der Waals surface area (Å²) in [5.41, 5.74) is 0.874. The van der Waals surface area contributed by atoms with Crippen LogP contribution in [0.3, 0.4) is 0 Å². The van der Waals surface area contributed by atoms with Gasteiger partial charge in [-0.3, -0.25) is 4.79 Å². The Hall–Kier alpha value is -2.28. The van der Waals surface area contributed by atoms with E-state index in [1.165, 1.54) is 7.11 Å². The Labute approximate surface area is 142 Å². The molecule has 1 aromatic carbocycles. The van der Waals surface area contributed by atoms with Crippen LogP contribution in [-0.4, -0.2) is 28.7 Å². The number of amides is 1. The quantitative estimate of drug-likeness (QED) is 0.807. The molecule has 0 saturated carbocycles. The van der Waals surface area contributed by atoms with Crippen molar-refractivity contribution < 1.29 is 19.4 Å². The molecule has 1 aromatic heterocycles. The lowest BCUT2D eigenvalue weighted by Gasteiger charge is -2.16. The van der Waals surface area contributed by atoms with Gasteiger partial charge in [-0.2, -0.15) is 0 Å². The minimum absolute atomic E-state index is 0.402. The molecule has 0 aliphatic heterocycles. The van der Waals surface area contributed by atoms with Gasteiger partial charge in [-0.15, -0.1) is 0 Å². The molecule has 2 aromatic rings. The van der Waals surface area contributed by atoms with Gasteiger partial charge in [0.15, 0.2) is 6.04 Å².